The molecule has 5 rings (SSSR count). The molecule has 132 valence electrons. The van der Waals surface area contributed by atoms with Gasteiger partial charge >= 0.3 is 0 Å². The Bertz CT molecular complexity index is 614. The van der Waals surface area contributed by atoms with E-state index in [4.69, 9.17) is 4.74 Å². The Kier molecular flexibility index (Phi) is 4.45. The maximum atomic E-state index is 5.57. The molecule has 1 unspecified atom stereocenters. The molecule has 0 amide bonds. The summed E-state index contributed by atoms with van der Waals surface area (Å²) in [5, 5.41) is 0. The summed E-state index contributed by atoms with van der Waals surface area (Å²) in [5.74, 6) is 2.97. The highest BCUT2D eigenvalue weighted by molar-refractivity contribution is 8.93. The van der Waals surface area contributed by atoms with Gasteiger partial charge in [-0.1, -0.05) is 18.9 Å². The van der Waals surface area contributed by atoms with E-state index in [-0.39, 0.29) is 17.0 Å². The predicted molar refractivity (Wildman–Crippen MR) is 103 cm³/mol. The van der Waals surface area contributed by atoms with Crippen LogP contribution in [0.1, 0.15) is 56.1 Å². The van der Waals surface area contributed by atoms with Gasteiger partial charge in [-0.3, -0.25) is 4.90 Å². The lowest BCUT2D eigenvalue weighted by atomic mass is 9.52. The monoisotopic (exact) mass is 391 g/mol. The summed E-state index contributed by atoms with van der Waals surface area (Å²) in [7, 11) is 1.81. The van der Waals surface area contributed by atoms with Crippen LogP contribution in [0.15, 0.2) is 18.2 Å². The highest BCUT2D eigenvalue weighted by Gasteiger charge is 2.54. The molecule has 1 heterocycles. The van der Waals surface area contributed by atoms with Gasteiger partial charge in [0.1, 0.15) is 5.75 Å². The van der Waals surface area contributed by atoms with Crippen molar-refractivity contribution in [1.29, 1.82) is 0 Å². The van der Waals surface area contributed by atoms with Crippen molar-refractivity contribution in [1.82, 2.24) is 4.90 Å². The first-order valence-electron chi connectivity index (χ1n) is 9.71. The van der Waals surface area contributed by atoms with Gasteiger partial charge in [0.25, 0.3) is 0 Å². The van der Waals surface area contributed by atoms with E-state index in [1.807, 2.05) is 7.11 Å². The number of halogens is 1. The van der Waals surface area contributed by atoms with E-state index in [1.54, 1.807) is 11.1 Å². The third-order valence-electron chi connectivity index (χ3n) is 7.35. The van der Waals surface area contributed by atoms with Gasteiger partial charge in [-0.25, -0.2) is 0 Å². The Balaban J connectivity index is 0.00000146. The molecular formula is C21H30BrNO. The molecule has 3 aliphatic carbocycles. The largest absolute Gasteiger partial charge is 0.497 e. The summed E-state index contributed by atoms with van der Waals surface area (Å²) < 4.78 is 5.57. The molecule has 1 aromatic rings. The second-order valence-electron chi connectivity index (χ2n) is 8.49. The first kappa shape index (κ1) is 16.9. The van der Waals surface area contributed by atoms with Crippen LogP contribution in [0.3, 0.4) is 0 Å². The fourth-order valence-corrected chi connectivity index (χ4v) is 6.05. The highest BCUT2D eigenvalue weighted by atomic mass is 79.9. The van der Waals surface area contributed by atoms with Crippen LogP contribution in [0, 0.1) is 11.8 Å². The Hall–Kier alpha value is -0.540. The van der Waals surface area contributed by atoms with E-state index >= 15 is 0 Å². The van der Waals surface area contributed by atoms with Crippen molar-refractivity contribution < 1.29 is 4.74 Å². The van der Waals surface area contributed by atoms with Crippen LogP contribution >= 0.6 is 17.0 Å². The summed E-state index contributed by atoms with van der Waals surface area (Å²) in [6.45, 7) is 2.71. The minimum Gasteiger partial charge on any atom is -0.497 e. The number of rotatable bonds is 3. The van der Waals surface area contributed by atoms with Crippen LogP contribution in [0.2, 0.25) is 0 Å². The van der Waals surface area contributed by atoms with E-state index in [1.165, 1.54) is 64.5 Å². The van der Waals surface area contributed by atoms with Crippen LogP contribution in [-0.2, 0) is 11.8 Å². The van der Waals surface area contributed by atoms with Crippen molar-refractivity contribution in [3.63, 3.8) is 0 Å². The molecule has 0 spiro atoms. The fraction of sp³-hybridized carbons (Fsp3) is 0.714. The smallest absolute Gasteiger partial charge is 0.119 e. The lowest BCUT2D eigenvalue weighted by Crippen LogP contribution is -2.61. The first-order valence-corrected chi connectivity index (χ1v) is 9.71. The summed E-state index contributed by atoms with van der Waals surface area (Å²) >= 11 is 0. The molecule has 0 N–H and O–H groups in total. The zero-order valence-corrected chi connectivity index (χ0v) is 16.5. The van der Waals surface area contributed by atoms with Crippen molar-refractivity contribution in [2.45, 2.75) is 62.8 Å². The van der Waals surface area contributed by atoms with Crippen LogP contribution < -0.4 is 4.74 Å². The quantitative estimate of drug-likeness (QED) is 0.737. The van der Waals surface area contributed by atoms with Gasteiger partial charge in [0, 0.05) is 18.0 Å². The van der Waals surface area contributed by atoms with E-state index in [0.29, 0.717) is 5.41 Å². The molecule has 1 aliphatic heterocycles. The molecule has 4 aliphatic rings. The third kappa shape index (κ3) is 2.54. The van der Waals surface area contributed by atoms with Crippen LogP contribution in [0.4, 0.5) is 0 Å². The van der Waals surface area contributed by atoms with E-state index in [0.717, 1.165) is 23.6 Å². The molecule has 0 radical (unpaired) electrons. The molecule has 2 saturated carbocycles. The van der Waals surface area contributed by atoms with Gasteiger partial charge in [-0.15, -0.1) is 17.0 Å². The maximum absolute atomic E-state index is 5.57. The minimum atomic E-state index is 0. The number of ether oxygens (including phenoxy) is 1. The first-order chi connectivity index (χ1) is 11.3. The van der Waals surface area contributed by atoms with Crippen LogP contribution in [-0.4, -0.2) is 31.1 Å². The lowest BCUT2D eigenvalue weighted by Gasteiger charge is -2.59. The van der Waals surface area contributed by atoms with Crippen LogP contribution in [0.25, 0.3) is 0 Å². The summed E-state index contributed by atoms with van der Waals surface area (Å²) in [4.78, 5) is 2.89. The summed E-state index contributed by atoms with van der Waals surface area (Å²) in [6, 6.07) is 7.75. The number of piperidine rings is 1. The van der Waals surface area contributed by atoms with Crippen molar-refractivity contribution in [3.8, 4) is 5.75 Å². The normalized spacial score (nSPS) is 34.7. The molecule has 3 fully saturated rings. The second-order valence-corrected chi connectivity index (χ2v) is 8.49. The minimum absolute atomic E-state index is 0. The highest BCUT2D eigenvalue weighted by Crippen LogP contribution is 2.56. The third-order valence-corrected chi connectivity index (χ3v) is 7.35. The average molecular weight is 392 g/mol. The molecular weight excluding hydrogens is 362 g/mol. The van der Waals surface area contributed by atoms with Crippen molar-refractivity contribution in [2.24, 2.45) is 11.8 Å². The number of methoxy groups -OCH3 is 1. The Morgan fingerprint density at radius 2 is 2.04 bits per heavy atom. The Labute approximate surface area is 156 Å². The van der Waals surface area contributed by atoms with Crippen molar-refractivity contribution >= 4 is 17.0 Å². The number of likely N-dealkylation sites (tertiary alicyclic amines) is 1. The SMILES string of the molecule is Br.COc1ccc2c(c1)[C@@]13CCCCC1[C@@H](C2)N(CC1CC1)CC3. The van der Waals surface area contributed by atoms with Gasteiger partial charge in [0.15, 0.2) is 0 Å². The van der Waals surface area contributed by atoms with Gasteiger partial charge in [0.2, 0.25) is 0 Å². The molecule has 2 bridgehead atoms. The summed E-state index contributed by atoms with van der Waals surface area (Å²) in [6.07, 6.45) is 11.3. The summed E-state index contributed by atoms with van der Waals surface area (Å²) in [5.41, 5.74) is 3.74. The average Bonchev–Trinajstić information content (AvgIpc) is 3.41. The number of benzene rings is 1. The Morgan fingerprint density at radius 1 is 1.17 bits per heavy atom. The van der Waals surface area contributed by atoms with E-state index < -0.39 is 0 Å². The zero-order valence-electron chi connectivity index (χ0n) is 14.8. The van der Waals surface area contributed by atoms with Crippen LogP contribution in [0.5, 0.6) is 5.75 Å². The van der Waals surface area contributed by atoms with Gasteiger partial charge < -0.3 is 4.74 Å². The zero-order chi connectivity index (χ0) is 15.4. The molecule has 0 aromatic heterocycles. The molecule has 3 atom stereocenters. The maximum Gasteiger partial charge on any atom is 0.119 e. The topological polar surface area (TPSA) is 12.5 Å². The van der Waals surface area contributed by atoms with E-state index in [9.17, 15) is 0 Å². The number of hydrogen-bond acceptors (Lipinski definition) is 2. The number of nitrogens with zero attached hydrogens (tertiary/aromatic N) is 1. The number of hydrogen-bond donors (Lipinski definition) is 0. The molecule has 1 aromatic carbocycles. The number of fused-ring (bicyclic) bond motifs is 1. The van der Waals surface area contributed by atoms with Gasteiger partial charge in [-0.05, 0) is 80.2 Å². The van der Waals surface area contributed by atoms with Gasteiger partial charge in [-0.2, -0.15) is 0 Å². The second kappa shape index (κ2) is 6.32. The molecule has 3 heteroatoms. The molecule has 1 saturated heterocycles. The Morgan fingerprint density at radius 3 is 2.83 bits per heavy atom. The fourth-order valence-electron chi connectivity index (χ4n) is 6.05. The predicted octanol–water partition coefficient (Wildman–Crippen LogP) is 4.74. The molecule has 2 nitrogen and oxygen atoms in total. The van der Waals surface area contributed by atoms with Gasteiger partial charge in [0.05, 0.1) is 7.11 Å². The van der Waals surface area contributed by atoms with Crippen molar-refractivity contribution in [3.05, 3.63) is 29.3 Å². The standard InChI is InChI=1S/C21H29NO.BrH/c1-23-17-8-7-16-12-20-18-4-2-3-9-21(18,19(16)13-17)10-11-22(20)14-15-5-6-15;/h7-8,13,15,18,20H,2-6,9-12,14H2,1H3;1H/t18?,20-,21-;/m1./s1. The lowest BCUT2D eigenvalue weighted by molar-refractivity contribution is -0.0134. The molecule has 24 heavy (non-hydrogen) atoms. The van der Waals surface area contributed by atoms with E-state index in [2.05, 4.69) is 23.1 Å². The van der Waals surface area contributed by atoms with Crippen molar-refractivity contribution in [2.75, 3.05) is 20.2 Å².